The molecule has 0 radical (unpaired) electrons. The molecule has 102 valence electrons. The van der Waals surface area contributed by atoms with Crippen molar-refractivity contribution in [1.82, 2.24) is 0 Å². The largest absolute Gasteiger partial charge is 0.497 e. The number of ether oxygens (including phenoxy) is 1. The Morgan fingerprint density at radius 3 is 2.85 bits per heavy atom. The number of fused-ring (bicyclic) bond motifs is 1. The number of halogens is 1. The van der Waals surface area contributed by atoms with Crippen molar-refractivity contribution in [2.45, 2.75) is 6.42 Å². The Morgan fingerprint density at radius 2 is 2.05 bits per heavy atom. The predicted molar refractivity (Wildman–Crippen MR) is 82.5 cm³/mol. The monoisotopic (exact) mass is 331 g/mol. The van der Waals surface area contributed by atoms with Crippen LogP contribution in [-0.4, -0.2) is 19.6 Å². The molecule has 1 amide bonds. The van der Waals surface area contributed by atoms with Gasteiger partial charge in [0.1, 0.15) is 5.75 Å². The summed E-state index contributed by atoms with van der Waals surface area (Å²) in [6.07, 6.45) is 0.906. The number of hydrogen-bond acceptors (Lipinski definition) is 2. The highest BCUT2D eigenvalue weighted by Gasteiger charge is 2.26. The van der Waals surface area contributed by atoms with Crippen molar-refractivity contribution < 1.29 is 9.53 Å². The summed E-state index contributed by atoms with van der Waals surface area (Å²) in [7, 11) is 1.60. The first-order chi connectivity index (χ1) is 9.70. The molecule has 2 aromatic carbocycles. The van der Waals surface area contributed by atoms with E-state index in [1.165, 1.54) is 5.56 Å². The summed E-state index contributed by atoms with van der Waals surface area (Å²) in [5.74, 6) is 0.685. The van der Waals surface area contributed by atoms with Crippen LogP contribution in [0.15, 0.2) is 46.9 Å². The van der Waals surface area contributed by atoms with Crippen molar-refractivity contribution in [3.8, 4) is 5.75 Å². The standard InChI is InChI=1S/C16H14BrNO2/c1-20-12-6-7-14(17)13(10-12)16(19)18-9-8-11-4-2-3-5-15(11)18/h2-7,10H,8-9H2,1H3. The van der Waals surface area contributed by atoms with E-state index >= 15 is 0 Å². The lowest BCUT2D eigenvalue weighted by molar-refractivity contribution is 0.0988. The number of carbonyl (C=O) groups is 1. The van der Waals surface area contributed by atoms with Crippen LogP contribution in [-0.2, 0) is 6.42 Å². The smallest absolute Gasteiger partial charge is 0.259 e. The minimum Gasteiger partial charge on any atom is -0.497 e. The number of para-hydroxylation sites is 1. The van der Waals surface area contributed by atoms with E-state index in [-0.39, 0.29) is 5.91 Å². The Hall–Kier alpha value is -1.81. The van der Waals surface area contributed by atoms with Gasteiger partial charge >= 0.3 is 0 Å². The molecule has 0 saturated heterocycles. The first-order valence-electron chi connectivity index (χ1n) is 6.44. The zero-order chi connectivity index (χ0) is 14.1. The highest BCUT2D eigenvalue weighted by Crippen LogP contribution is 2.31. The number of methoxy groups -OCH3 is 1. The summed E-state index contributed by atoms with van der Waals surface area (Å²) in [6, 6.07) is 13.5. The maximum atomic E-state index is 12.7. The number of carbonyl (C=O) groups excluding carboxylic acids is 1. The molecule has 0 atom stereocenters. The predicted octanol–water partition coefficient (Wildman–Crippen LogP) is 3.66. The van der Waals surface area contributed by atoms with Crippen molar-refractivity contribution in [3.05, 3.63) is 58.1 Å². The first-order valence-corrected chi connectivity index (χ1v) is 7.23. The molecule has 0 spiro atoms. The van der Waals surface area contributed by atoms with E-state index < -0.39 is 0 Å². The van der Waals surface area contributed by atoms with E-state index in [9.17, 15) is 4.79 Å². The highest BCUT2D eigenvalue weighted by molar-refractivity contribution is 9.10. The third-order valence-electron chi connectivity index (χ3n) is 3.54. The molecule has 0 fully saturated rings. The molecule has 0 aliphatic carbocycles. The molecule has 4 heteroatoms. The summed E-state index contributed by atoms with van der Waals surface area (Å²) in [5, 5.41) is 0. The molecule has 0 saturated carbocycles. The summed E-state index contributed by atoms with van der Waals surface area (Å²) < 4.78 is 5.99. The Labute approximate surface area is 126 Å². The van der Waals surface area contributed by atoms with Crippen LogP contribution < -0.4 is 9.64 Å². The van der Waals surface area contributed by atoms with Crippen LogP contribution in [0.1, 0.15) is 15.9 Å². The SMILES string of the molecule is COc1ccc(Br)c(C(=O)N2CCc3ccccc32)c1. The van der Waals surface area contributed by atoms with Crippen LogP contribution in [0.3, 0.4) is 0 Å². The van der Waals surface area contributed by atoms with Crippen LogP contribution in [0.25, 0.3) is 0 Å². The van der Waals surface area contributed by atoms with E-state index in [1.54, 1.807) is 13.2 Å². The second-order valence-corrected chi connectivity index (χ2v) is 5.54. The van der Waals surface area contributed by atoms with Gasteiger partial charge in [0.2, 0.25) is 0 Å². The van der Waals surface area contributed by atoms with Crippen LogP contribution in [0.5, 0.6) is 5.75 Å². The number of amides is 1. The number of hydrogen-bond donors (Lipinski definition) is 0. The molecule has 0 unspecified atom stereocenters. The molecule has 1 aliphatic rings. The molecule has 1 heterocycles. The van der Waals surface area contributed by atoms with Crippen LogP contribution in [0.2, 0.25) is 0 Å². The van der Waals surface area contributed by atoms with Gasteiger partial charge in [-0.3, -0.25) is 4.79 Å². The van der Waals surface area contributed by atoms with Gasteiger partial charge in [-0.05, 0) is 52.2 Å². The second kappa shape index (κ2) is 5.29. The maximum Gasteiger partial charge on any atom is 0.259 e. The Kier molecular flexibility index (Phi) is 3.49. The quantitative estimate of drug-likeness (QED) is 0.840. The van der Waals surface area contributed by atoms with Gasteiger partial charge in [-0.2, -0.15) is 0 Å². The Balaban J connectivity index is 1.98. The van der Waals surface area contributed by atoms with Gasteiger partial charge in [0.25, 0.3) is 5.91 Å². The molecular formula is C16H14BrNO2. The highest BCUT2D eigenvalue weighted by atomic mass is 79.9. The molecule has 0 aromatic heterocycles. The lowest BCUT2D eigenvalue weighted by Crippen LogP contribution is -2.29. The van der Waals surface area contributed by atoms with E-state index in [2.05, 4.69) is 22.0 Å². The summed E-state index contributed by atoms with van der Waals surface area (Å²) in [5.41, 5.74) is 2.85. The van der Waals surface area contributed by atoms with Gasteiger partial charge in [0.05, 0.1) is 12.7 Å². The van der Waals surface area contributed by atoms with Gasteiger partial charge < -0.3 is 9.64 Å². The summed E-state index contributed by atoms with van der Waals surface area (Å²) in [6.45, 7) is 0.724. The Morgan fingerprint density at radius 1 is 1.25 bits per heavy atom. The van der Waals surface area contributed by atoms with Gasteiger partial charge in [-0.1, -0.05) is 18.2 Å². The molecule has 0 bridgehead atoms. The van der Waals surface area contributed by atoms with Crippen molar-refractivity contribution in [2.24, 2.45) is 0 Å². The summed E-state index contributed by atoms with van der Waals surface area (Å²) in [4.78, 5) is 14.6. The fourth-order valence-corrected chi connectivity index (χ4v) is 2.91. The van der Waals surface area contributed by atoms with Gasteiger partial charge in [-0.15, -0.1) is 0 Å². The number of rotatable bonds is 2. The van der Waals surface area contributed by atoms with Crippen molar-refractivity contribution in [3.63, 3.8) is 0 Å². The molecule has 3 nitrogen and oxygen atoms in total. The van der Waals surface area contributed by atoms with Gasteiger partial charge in [0, 0.05) is 16.7 Å². The third kappa shape index (κ3) is 2.20. The topological polar surface area (TPSA) is 29.5 Å². The van der Waals surface area contributed by atoms with Crippen LogP contribution in [0.4, 0.5) is 5.69 Å². The number of nitrogens with zero attached hydrogens (tertiary/aromatic N) is 1. The van der Waals surface area contributed by atoms with Crippen LogP contribution in [0, 0.1) is 0 Å². The van der Waals surface area contributed by atoms with Crippen LogP contribution >= 0.6 is 15.9 Å². The van der Waals surface area contributed by atoms with Gasteiger partial charge in [-0.25, -0.2) is 0 Å². The number of benzene rings is 2. The fourth-order valence-electron chi connectivity index (χ4n) is 2.49. The molecule has 0 N–H and O–H groups in total. The van der Waals surface area contributed by atoms with E-state index in [1.807, 2.05) is 35.2 Å². The molecule has 2 aromatic rings. The lowest BCUT2D eigenvalue weighted by atomic mass is 10.1. The average molecular weight is 332 g/mol. The van der Waals surface area contributed by atoms with Crippen molar-refractivity contribution in [1.29, 1.82) is 0 Å². The normalized spacial score (nSPS) is 13.2. The maximum absolute atomic E-state index is 12.7. The van der Waals surface area contributed by atoms with Crippen molar-refractivity contribution >= 4 is 27.5 Å². The zero-order valence-corrected chi connectivity index (χ0v) is 12.7. The molecule has 20 heavy (non-hydrogen) atoms. The molecule has 3 rings (SSSR count). The Bertz CT molecular complexity index is 669. The zero-order valence-electron chi connectivity index (χ0n) is 11.1. The average Bonchev–Trinajstić information content (AvgIpc) is 2.91. The molecule has 1 aliphatic heterocycles. The van der Waals surface area contributed by atoms with Gasteiger partial charge in [0.15, 0.2) is 0 Å². The fraction of sp³-hybridized carbons (Fsp3) is 0.188. The van der Waals surface area contributed by atoms with E-state index in [0.717, 1.165) is 23.1 Å². The second-order valence-electron chi connectivity index (χ2n) is 4.68. The minimum absolute atomic E-state index is 0.000671. The van der Waals surface area contributed by atoms with Crippen molar-refractivity contribution in [2.75, 3.05) is 18.6 Å². The summed E-state index contributed by atoms with van der Waals surface area (Å²) >= 11 is 3.44. The van der Waals surface area contributed by atoms with E-state index in [0.29, 0.717) is 11.3 Å². The first kappa shape index (κ1) is 13.2. The van der Waals surface area contributed by atoms with E-state index in [4.69, 9.17) is 4.74 Å². The number of anilines is 1. The molecular weight excluding hydrogens is 318 g/mol. The third-order valence-corrected chi connectivity index (χ3v) is 4.23. The minimum atomic E-state index is 0.000671. The lowest BCUT2D eigenvalue weighted by Gasteiger charge is -2.18.